The van der Waals surface area contributed by atoms with Crippen molar-refractivity contribution in [1.29, 1.82) is 0 Å². The summed E-state index contributed by atoms with van der Waals surface area (Å²) in [6, 6.07) is 5.21. The molecule has 2 aromatic rings. The molecule has 1 N–H and O–H groups in total. The van der Waals surface area contributed by atoms with Gasteiger partial charge in [0, 0.05) is 24.5 Å². The largest absolute Gasteiger partial charge is 0.313 e. The van der Waals surface area contributed by atoms with Gasteiger partial charge in [0.1, 0.15) is 5.82 Å². The van der Waals surface area contributed by atoms with Crippen molar-refractivity contribution in [3.63, 3.8) is 0 Å². The number of benzene rings is 1. The van der Waals surface area contributed by atoms with Gasteiger partial charge in [0.25, 0.3) is 0 Å². The van der Waals surface area contributed by atoms with E-state index in [1.807, 2.05) is 6.07 Å². The van der Waals surface area contributed by atoms with Crippen molar-refractivity contribution in [3.8, 4) is 11.3 Å². The molecule has 0 spiro atoms. The number of aromatic nitrogens is 2. The van der Waals surface area contributed by atoms with Crippen molar-refractivity contribution in [3.05, 3.63) is 48.2 Å². The Bertz CT molecular complexity index is 500. The summed E-state index contributed by atoms with van der Waals surface area (Å²) in [5, 5.41) is 3.24. The number of rotatable bonds is 5. The quantitative estimate of drug-likeness (QED) is 0.823. The van der Waals surface area contributed by atoms with Crippen LogP contribution in [0.25, 0.3) is 11.3 Å². The molecule has 0 unspecified atom stereocenters. The van der Waals surface area contributed by atoms with Crippen molar-refractivity contribution in [2.75, 3.05) is 6.54 Å². The van der Waals surface area contributed by atoms with Crippen LogP contribution in [-0.4, -0.2) is 16.5 Å². The smallest absolute Gasteiger partial charge is 0.132 e. The Morgan fingerprint density at radius 3 is 2.83 bits per heavy atom. The SMILES string of the molecule is CCCNCc1ccc(-c2cnccn2)c(F)c1. The van der Waals surface area contributed by atoms with Gasteiger partial charge in [-0.05, 0) is 30.7 Å². The van der Waals surface area contributed by atoms with Crippen LogP contribution in [-0.2, 0) is 6.54 Å². The number of nitrogens with one attached hydrogen (secondary N) is 1. The van der Waals surface area contributed by atoms with Gasteiger partial charge in [-0.25, -0.2) is 4.39 Å². The molecular weight excluding hydrogens is 229 g/mol. The molecule has 2 rings (SSSR count). The molecule has 0 fully saturated rings. The number of hydrogen-bond donors (Lipinski definition) is 1. The molecule has 3 nitrogen and oxygen atoms in total. The normalized spacial score (nSPS) is 10.6. The van der Waals surface area contributed by atoms with Crippen LogP contribution < -0.4 is 5.32 Å². The number of nitrogens with zero attached hydrogens (tertiary/aromatic N) is 2. The minimum Gasteiger partial charge on any atom is -0.313 e. The van der Waals surface area contributed by atoms with E-state index in [0.29, 0.717) is 17.8 Å². The van der Waals surface area contributed by atoms with Gasteiger partial charge in [-0.3, -0.25) is 9.97 Å². The van der Waals surface area contributed by atoms with E-state index in [1.165, 1.54) is 0 Å². The van der Waals surface area contributed by atoms with Crippen molar-refractivity contribution in [1.82, 2.24) is 15.3 Å². The second kappa shape index (κ2) is 6.21. The molecule has 94 valence electrons. The fourth-order valence-corrected chi connectivity index (χ4v) is 1.72. The van der Waals surface area contributed by atoms with E-state index in [2.05, 4.69) is 22.2 Å². The van der Waals surface area contributed by atoms with E-state index in [1.54, 1.807) is 30.7 Å². The van der Waals surface area contributed by atoms with E-state index in [-0.39, 0.29) is 5.82 Å². The van der Waals surface area contributed by atoms with Crippen LogP contribution in [0.5, 0.6) is 0 Å². The van der Waals surface area contributed by atoms with Crippen LogP contribution in [0.2, 0.25) is 0 Å². The van der Waals surface area contributed by atoms with E-state index in [4.69, 9.17) is 0 Å². The van der Waals surface area contributed by atoms with E-state index in [9.17, 15) is 4.39 Å². The van der Waals surface area contributed by atoms with Gasteiger partial charge < -0.3 is 5.32 Å². The lowest BCUT2D eigenvalue weighted by Crippen LogP contribution is -2.13. The van der Waals surface area contributed by atoms with Crippen LogP contribution in [0.3, 0.4) is 0 Å². The predicted octanol–water partition coefficient (Wildman–Crippen LogP) is 2.78. The third-order valence-electron chi connectivity index (χ3n) is 2.63. The highest BCUT2D eigenvalue weighted by Crippen LogP contribution is 2.20. The van der Waals surface area contributed by atoms with Crippen molar-refractivity contribution in [2.45, 2.75) is 19.9 Å². The van der Waals surface area contributed by atoms with Gasteiger partial charge in [-0.2, -0.15) is 0 Å². The maximum Gasteiger partial charge on any atom is 0.132 e. The maximum atomic E-state index is 13.9. The molecule has 0 radical (unpaired) electrons. The molecule has 1 aromatic heterocycles. The highest BCUT2D eigenvalue weighted by molar-refractivity contribution is 5.59. The molecule has 1 aromatic carbocycles. The van der Waals surface area contributed by atoms with Crippen molar-refractivity contribution < 1.29 is 4.39 Å². The van der Waals surface area contributed by atoms with Crippen molar-refractivity contribution in [2.24, 2.45) is 0 Å². The first-order valence-corrected chi connectivity index (χ1v) is 6.06. The monoisotopic (exact) mass is 245 g/mol. The zero-order valence-corrected chi connectivity index (χ0v) is 10.4. The standard InChI is InChI=1S/C14H16FN3/c1-2-5-16-9-11-3-4-12(13(15)8-11)14-10-17-6-7-18-14/h3-4,6-8,10,16H,2,5,9H2,1H3. The minimum atomic E-state index is -0.258. The summed E-state index contributed by atoms with van der Waals surface area (Å²) in [5.41, 5.74) is 1.99. The molecule has 0 saturated carbocycles. The Morgan fingerprint density at radius 2 is 2.17 bits per heavy atom. The third kappa shape index (κ3) is 3.11. The summed E-state index contributed by atoms with van der Waals surface area (Å²) in [6.07, 6.45) is 5.77. The zero-order chi connectivity index (χ0) is 12.8. The fraction of sp³-hybridized carbons (Fsp3) is 0.286. The van der Waals surface area contributed by atoms with Gasteiger partial charge in [-0.15, -0.1) is 0 Å². The van der Waals surface area contributed by atoms with Gasteiger partial charge in [0.05, 0.1) is 11.9 Å². The fourth-order valence-electron chi connectivity index (χ4n) is 1.72. The molecule has 0 aliphatic heterocycles. The molecule has 18 heavy (non-hydrogen) atoms. The first kappa shape index (κ1) is 12.6. The van der Waals surface area contributed by atoms with Gasteiger partial charge in [0.15, 0.2) is 0 Å². The first-order valence-electron chi connectivity index (χ1n) is 6.06. The highest BCUT2D eigenvalue weighted by Gasteiger charge is 2.07. The van der Waals surface area contributed by atoms with Crippen LogP contribution in [0.15, 0.2) is 36.8 Å². The van der Waals surface area contributed by atoms with Gasteiger partial charge in [0.2, 0.25) is 0 Å². The summed E-state index contributed by atoms with van der Waals surface area (Å²) < 4.78 is 13.9. The van der Waals surface area contributed by atoms with Gasteiger partial charge >= 0.3 is 0 Å². The Morgan fingerprint density at radius 1 is 1.28 bits per heavy atom. The Balaban J connectivity index is 2.15. The second-order valence-corrected chi connectivity index (χ2v) is 4.08. The molecular formula is C14H16FN3. The predicted molar refractivity (Wildman–Crippen MR) is 69.4 cm³/mol. The molecule has 1 heterocycles. The maximum absolute atomic E-state index is 13.9. The minimum absolute atomic E-state index is 0.258. The zero-order valence-electron chi connectivity index (χ0n) is 10.4. The van der Waals surface area contributed by atoms with Crippen molar-refractivity contribution >= 4 is 0 Å². The van der Waals surface area contributed by atoms with Crippen LogP contribution in [0, 0.1) is 5.82 Å². The average molecular weight is 245 g/mol. The number of halogens is 1. The lowest BCUT2D eigenvalue weighted by molar-refractivity contribution is 0.621. The summed E-state index contributed by atoms with van der Waals surface area (Å²) in [5.74, 6) is -0.258. The van der Waals surface area contributed by atoms with E-state index in [0.717, 1.165) is 18.5 Å². The van der Waals surface area contributed by atoms with Gasteiger partial charge in [-0.1, -0.05) is 13.0 Å². The molecule has 0 aliphatic carbocycles. The Hall–Kier alpha value is -1.81. The second-order valence-electron chi connectivity index (χ2n) is 4.08. The Kier molecular flexibility index (Phi) is 4.36. The molecule has 0 atom stereocenters. The van der Waals surface area contributed by atoms with Crippen LogP contribution >= 0.6 is 0 Å². The molecule has 0 saturated heterocycles. The summed E-state index contributed by atoms with van der Waals surface area (Å²) in [4.78, 5) is 8.04. The molecule has 0 bridgehead atoms. The lowest BCUT2D eigenvalue weighted by Gasteiger charge is -2.06. The molecule has 4 heteroatoms. The average Bonchev–Trinajstić information content (AvgIpc) is 2.40. The molecule has 0 amide bonds. The number of hydrogen-bond acceptors (Lipinski definition) is 3. The summed E-state index contributed by atoms with van der Waals surface area (Å²) in [6.45, 7) is 3.73. The van der Waals surface area contributed by atoms with Crippen LogP contribution in [0.1, 0.15) is 18.9 Å². The lowest BCUT2D eigenvalue weighted by atomic mass is 10.1. The van der Waals surface area contributed by atoms with E-state index < -0.39 is 0 Å². The van der Waals surface area contributed by atoms with E-state index >= 15 is 0 Å². The first-order chi connectivity index (χ1) is 8.81. The highest BCUT2D eigenvalue weighted by atomic mass is 19.1. The third-order valence-corrected chi connectivity index (χ3v) is 2.63. The summed E-state index contributed by atoms with van der Waals surface area (Å²) >= 11 is 0. The van der Waals surface area contributed by atoms with Crippen LogP contribution in [0.4, 0.5) is 4.39 Å². The topological polar surface area (TPSA) is 37.8 Å². The molecule has 0 aliphatic rings. The summed E-state index contributed by atoms with van der Waals surface area (Å²) in [7, 11) is 0. The Labute approximate surface area is 106 Å².